The second-order valence-electron chi connectivity index (χ2n) is 5.01. The minimum Gasteiger partial charge on any atom is -0.334 e. The Morgan fingerprint density at radius 1 is 1.04 bits per heavy atom. The number of pyridine rings is 1. The highest BCUT2D eigenvalue weighted by atomic mass is 16.2. The number of nitrogens with one attached hydrogen (secondary N) is 2. The van der Waals surface area contributed by atoms with Crippen LogP contribution < -0.4 is 10.6 Å². The highest BCUT2D eigenvalue weighted by molar-refractivity contribution is 5.88. The lowest BCUT2D eigenvalue weighted by molar-refractivity contribution is 0.251. The molecular formula is C17H17N5O. The van der Waals surface area contributed by atoms with Crippen LogP contribution in [0.25, 0.3) is 0 Å². The van der Waals surface area contributed by atoms with Crippen molar-refractivity contribution in [1.29, 1.82) is 0 Å². The van der Waals surface area contributed by atoms with Crippen molar-refractivity contribution >= 4 is 11.8 Å². The van der Waals surface area contributed by atoms with Gasteiger partial charge in [-0.25, -0.2) is 4.79 Å². The van der Waals surface area contributed by atoms with Gasteiger partial charge in [0.2, 0.25) is 0 Å². The Hall–Kier alpha value is -3.15. The number of urea groups is 1. The van der Waals surface area contributed by atoms with E-state index in [4.69, 9.17) is 0 Å². The van der Waals surface area contributed by atoms with Gasteiger partial charge in [-0.3, -0.25) is 15.0 Å². The molecule has 0 spiro atoms. The van der Waals surface area contributed by atoms with Crippen molar-refractivity contribution in [3.63, 3.8) is 0 Å². The molecule has 2 amide bonds. The number of anilines is 1. The highest BCUT2D eigenvalue weighted by Gasteiger charge is 2.05. The van der Waals surface area contributed by atoms with Crippen molar-refractivity contribution in [2.75, 3.05) is 5.32 Å². The molecule has 3 rings (SSSR count). The molecule has 0 aliphatic rings. The number of carbonyl (C=O) groups excluding carboxylic acids is 1. The summed E-state index contributed by atoms with van der Waals surface area (Å²) in [5.41, 5.74) is 1.96. The molecule has 0 saturated carbocycles. The Kier molecular flexibility index (Phi) is 4.63. The van der Waals surface area contributed by atoms with Crippen molar-refractivity contribution in [3.8, 4) is 0 Å². The summed E-state index contributed by atoms with van der Waals surface area (Å²) in [4.78, 5) is 16.1. The fourth-order valence-electron chi connectivity index (χ4n) is 2.11. The van der Waals surface area contributed by atoms with Crippen LogP contribution in [0.4, 0.5) is 10.6 Å². The number of benzene rings is 1. The Bertz CT molecular complexity index is 755. The van der Waals surface area contributed by atoms with Crippen LogP contribution in [0, 0.1) is 0 Å². The summed E-state index contributed by atoms with van der Waals surface area (Å²) in [6.45, 7) is 1.04. The molecule has 2 N–H and O–H groups in total. The summed E-state index contributed by atoms with van der Waals surface area (Å²) in [5, 5.41) is 9.82. The van der Waals surface area contributed by atoms with E-state index < -0.39 is 0 Å². The zero-order valence-corrected chi connectivity index (χ0v) is 12.5. The lowest BCUT2D eigenvalue weighted by Gasteiger charge is -2.05. The Balaban J connectivity index is 1.51. The van der Waals surface area contributed by atoms with Crippen molar-refractivity contribution in [1.82, 2.24) is 20.1 Å². The maximum Gasteiger partial charge on any atom is 0.320 e. The van der Waals surface area contributed by atoms with Gasteiger partial charge >= 0.3 is 6.03 Å². The van der Waals surface area contributed by atoms with Crippen LogP contribution in [0.5, 0.6) is 0 Å². The van der Waals surface area contributed by atoms with E-state index in [1.807, 2.05) is 54.7 Å². The fraction of sp³-hybridized carbons (Fsp3) is 0.118. The molecule has 0 saturated heterocycles. The van der Waals surface area contributed by atoms with Crippen LogP contribution in [0.2, 0.25) is 0 Å². The largest absolute Gasteiger partial charge is 0.334 e. The van der Waals surface area contributed by atoms with E-state index in [-0.39, 0.29) is 6.03 Å². The highest BCUT2D eigenvalue weighted by Crippen LogP contribution is 2.05. The first-order valence-electron chi connectivity index (χ1n) is 7.32. The number of rotatable bonds is 5. The summed E-state index contributed by atoms with van der Waals surface area (Å²) in [6, 6.07) is 17.0. The number of hydrogen-bond acceptors (Lipinski definition) is 3. The number of carbonyl (C=O) groups is 1. The molecule has 0 aliphatic heterocycles. The third-order valence-electron chi connectivity index (χ3n) is 3.23. The van der Waals surface area contributed by atoms with Crippen molar-refractivity contribution in [2.45, 2.75) is 13.1 Å². The molecule has 2 heterocycles. The normalized spacial score (nSPS) is 10.3. The molecule has 0 radical (unpaired) electrons. The van der Waals surface area contributed by atoms with Gasteiger partial charge in [0.15, 0.2) is 5.82 Å². The minimum atomic E-state index is -0.281. The summed E-state index contributed by atoms with van der Waals surface area (Å²) in [7, 11) is 0. The first-order chi connectivity index (χ1) is 11.3. The number of amides is 2. The monoisotopic (exact) mass is 307 g/mol. The second kappa shape index (κ2) is 7.22. The number of nitrogens with zero attached hydrogens (tertiary/aromatic N) is 3. The predicted octanol–water partition coefficient (Wildman–Crippen LogP) is 2.65. The smallest absolute Gasteiger partial charge is 0.320 e. The van der Waals surface area contributed by atoms with E-state index in [0.29, 0.717) is 18.9 Å². The second-order valence-corrected chi connectivity index (χ2v) is 5.01. The van der Waals surface area contributed by atoms with Crippen molar-refractivity contribution in [3.05, 3.63) is 78.2 Å². The van der Waals surface area contributed by atoms with E-state index in [0.717, 1.165) is 11.3 Å². The SMILES string of the molecule is O=C(NCc1ccccc1)Nc1ccn(Cc2ccccn2)n1. The molecule has 1 aromatic carbocycles. The molecule has 0 unspecified atom stereocenters. The lowest BCUT2D eigenvalue weighted by Crippen LogP contribution is -2.28. The van der Waals surface area contributed by atoms with E-state index in [1.54, 1.807) is 16.9 Å². The lowest BCUT2D eigenvalue weighted by atomic mass is 10.2. The van der Waals surface area contributed by atoms with Gasteiger partial charge in [-0.1, -0.05) is 36.4 Å². The minimum absolute atomic E-state index is 0.281. The molecule has 116 valence electrons. The standard InChI is InChI=1S/C17H17N5O/c23-17(19-12-14-6-2-1-3-7-14)20-16-9-11-22(21-16)13-15-8-4-5-10-18-15/h1-11H,12-13H2,(H2,19,20,21,23). The van der Waals surface area contributed by atoms with Gasteiger partial charge in [0.25, 0.3) is 0 Å². The molecule has 6 nitrogen and oxygen atoms in total. The van der Waals surface area contributed by atoms with Gasteiger partial charge in [-0.15, -0.1) is 0 Å². The summed E-state index contributed by atoms with van der Waals surface area (Å²) < 4.78 is 1.73. The first kappa shape index (κ1) is 14.8. The molecule has 2 aromatic heterocycles. The summed E-state index contributed by atoms with van der Waals surface area (Å²) in [5.74, 6) is 0.506. The Labute approximate surface area is 134 Å². The van der Waals surface area contributed by atoms with Crippen molar-refractivity contribution < 1.29 is 4.79 Å². The average molecular weight is 307 g/mol. The van der Waals surface area contributed by atoms with E-state index >= 15 is 0 Å². The van der Waals surface area contributed by atoms with Crippen LogP contribution in [0.15, 0.2) is 67.0 Å². The third kappa shape index (κ3) is 4.41. The van der Waals surface area contributed by atoms with E-state index in [2.05, 4.69) is 20.7 Å². The van der Waals surface area contributed by atoms with Gasteiger partial charge in [0.1, 0.15) is 0 Å². The first-order valence-corrected chi connectivity index (χ1v) is 7.32. The molecule has 0 aliphatic carbocycles. The van der Waals surface area contributed by atoms with E-state index in [9.17, 15) is 4.79 Å². The molecule has 0 bridgehead atoms. The molecular weight excluding hydrogens is 290 g/mol. The van der Waals surface area contributed by atoms with Crippen LogP contribution in [0.1, 0.15) is 11.3 Å². The fourth-order valence-corrected chi connectivity index (χ4v) is 2.11. The summed E-state index contributed by atoms with van der Waals surface area (Å²) >= 11 is 0. The molecule has 3 aromatic rings. The maximum atomic E-state index is 11.9. The third-order valence-corrected chi connectivity index (χ3v) is 3.23. The molecule has 0 fully saturated rings. The van der Waals surface area contributed by atoms with Gasteiger partial charge in [0.05, 0.1) is 12.2 Å². The van der Waals surface area contributed by atoms with Gasteiger partial charge < -0.3 is 5.32 Å². The molecule has 6 heteroatoms. The van der Waals surface area contributed by atoms with Gasteiger partial charge in [-0.05, 0) is 17.7 Å². The molecule has 0 atom stereocenters. The number of aromatic nitrogens is 3. The average Bonchev–Trinajstić information content (AvgIpc) is 3.02. The quantitative estimate of drug-likeness (QED) is 0.761. The zero-order chi connectivity index (χ0) is 15.9. The topological polar surface area (TPSA) is 71.8 Å². The maximum absolute atomic E-state index is 11.9. The van der Waals surface area contributed by atoms with Crippen LogP contribution in [-0.2, 0) is 13.1 Å². The number of hydrogen-bond donors (Lipinski definition) is 2. The Morgan fingerprint density at radius 3 is 2.65 bits per heavy atom. The summed E-state index contributed by atoms with van der Waals surface area (Å²) in [6.07, 6.45) is 3.55. The van der Waals surface area contributed by atoms with Gasteiger partial charge in [0, 0.05) is 25.0 Å². The van der Waals surface area contributed by atoms with Crippen LogP contribution in [0.3, 0.4) is 0 Å². The van der Waals surface area contributed by atoms with Crippen LogP contribution in [-0.4, -0.2) is 20.8 Å². The predicted molar refractivity (Wildman–Crippen MR) is 87.9 cm³/mol. The van der Waals surface area contributed by atoms with Gasteiger partial charge in [-0.2, -0.15) is 5.10 Å². The zero-order valence-electron chi connectivity index (χ0n) is 12.5. The van der Waals surface area contributed by atoms with E-state index in [1.165, 1.54) is 0 Å². The van der Waals surface area contributed by atoms with Crippen LogP contribution >= 0.6 is 0 Å². The Morgan fingerprint density at radius 2 is 1.87 bits per heavy atom. The van der Waals surface area contributed by atoms with Crippen molar-refractivity contribution in [2.24, 2.45) is 0 Å². The molecule has 23 heavy (non-hydrogen) atoms.